The highest BCUT2D eigenvalue weighted by Crippen LogP contribution is 2.44. The Hall–Kier alpha value is -3.12. The number of aromatic nitrogens is 3. The van der Waals surface area contributed by atoms with Gasteiger partial charge < -0.3 is 20.6 Å². The molecule has 2 aliphatic rings. The van der Waals surface area contributed by atoms with E-state index in [4.69, 9.17) is 11.6 Å². The molecule has 1 aliphatic heterocycles. The van der Waals surface area contributed by atoms with Crippen molar-refractivity contribution in [1.29, 1.82) is 0 Å². The normalized spacial score (nSPS) is 23.7. The second-order valence-corrected chi connectivity index (χ2v) is 8.46. The van der Waals surface area contributed by atoms with Crippen molar-refractivity contribution in [2.45, 2.75) is 37.0 Å². The first-order valence-corrected chi connectivity index (χ1v) is 10.4. The maximum Gasteiger partial charge on any atom is 0.319 e. The van der Waals surface area contributed by atoms with E-state index in [-0.39, 0.29) is 33.9 Å². The fourth-order valence-electron chi connectivity index (χ4n) is 3.92. The molecule has 1 saturated heterocycles. The molecule has 1 aromatic carbocycles. The molecule has 3 heterocycles. The molecule has 5 rings (SSSR count). The molecule has 33 heavy (non-hydrogen) atoms. The van der Waals surface area contributed by atoms with Gasteiger partial charge in [-0.1, -0.05) is 11.6 Å². The Balaban J connectivity index is 1.50. The number of urea groups is 1. The highest BCUT2D eigenvalue weighted by atomic mass is 35.5. The molecule has 0 unspecified atom stereocenters. The van der Waals surface area contributed by atoms with Crippen molar-refractivity contribution in [2.24, 2.45) is 0 Å². The molecule has 3 N–H and O–H groups in total. The van der Waals surface area contributed by atoms with Crippen molar-refractivity contribution < 1.29 is 27.5 Å². The summed E-state index contributed by atoms with van der Waals surface area (Å²) in [5.74, 6) is -4.67. The number of hydrogen-bond donors (Lipinski definition) is 3. The molecular formula is C20H17ClF4N6O2. The Bertz CT molecular complexity index is 1250. The van der Waals surface area contributed by atoms with Gasteiger partial charge >= 0.3 is 6.03 Å². The number of aliphatic hydroxyl groups excluding tert-OH is 1. The predicted molar refractivity (Wildman–Crippen MR) is 111 cm³/mol. The molecule has 0 spiro atoms. The van der Waals surface area contributed by atoms with E-state index >= 15 is 0 Å². The topological polar surface area (TPSA) is 94.8 Å². The van der Waals surface area contributed by atoms with E-state index in [1.807, 2.05) is 0 Å². The molecule has 13 heteroatoms. The number of carbonyl (C=O) groups excluding carboxylic acids is 1. The lowest BCUT2D eigenvalue weighted by molar-refractivity contribution is 0.0221. The molecular weight excluding hydrogens is 468 g/mol. The predicted octanol–water partition coefficient (Wildman–Crippen LogP) is 3.50. The van der Waals surface area contributed by atoms with Gasteiger partial charge in [0, 0.05) is 18.2 Å². The Morgan fingerprint density at radius 2 is 2.03 bits per heavy atom. The summed E-state index contributed by atoms with van der Waals surface area (Å²) < 4.78 is 58.1. The zero-order chi connectivity index (χ0) is 23.5. The van der Waals surface area contributed by atoms with Crippen LogP contribution in [0.25, 0.3) is 5.65 Å². The van der Waals surface area contributed by atoms with E-state index < -0.39 is 48.7 Å². The summed E-state index contributed by atoms with van der Waals surface area (Å²) >= 11 is 6.12. The molecule has 3 aromatic rings. The Morgan fingerprint density at radius 1 is 1.27 bits per heavy atom. The molecule has 3 atom stereocenters. The second kappa shape index (κ2) is 7.73. The Kier molecular flexibility index (Phi) is 5.09. The van der Waals surface area contributed by atoms with E-state index in [0.717, 1.165) is 18.2 Å². The van der Waals surface area contributed by atoms with Gasteiger partial charge in [0.15, 0.2) is 10.8 Å². The molecule has 2 fully saturated rings. The maximum absolute atomic E-state index is 14.4. The summed E-state index contributed by atoms with van der Waals surface area (Å²) in [4.78, 5) is 17.7. The highest BCUT2D eigenvalue weighted by Gasteiger charge is 2.47. The number of alkyl halides is 2. The first kappa shape index (κ1) is 21.7. The van der Waals surface area contributed by atoms with Crippen LogP contribution in [0.2, 0.25) is 5.15 Å². The molecule has 1 saturated carbocycles. The summed E-state index contributed by atoms with van der Waals surface area (Å²) in [5.41, 5.74) is -0.107. The Morgan fingerprint density at radius 3 is 2.76 bits per heavy atom. The molecule has 1 aliphatic carbocycles. The summed E-state index contributed by atoms with van der Waals surface area (Å²) in [6.07, 6.45) is 0.501. The van der Waals surface area contributed by atoms with Gasteiger partial charge in [-0.25, -0.2) is 31.9 Å². The highest BCUT2D eigenvalue weighted by molar-refractivity contribution is 6.33. The fourth-order valence-corrected chi connectivity index (χ4v) is 4.13. The minimum absolute atomic E-state index is 0.0330. The number of nitrogens with one attached hydrogen (secondary N) is 2. The van der Waals surface area contributed by atoms with Crippen LogP contribution in [0.5, 0.6) is 0 Å². The van der Waals surface area contributed by atoms with Crippen molar-refractivity contribution >= 4 is 34.8 Å². The summed E-state index contributed by atoms with van der Waals surface area (Å²) in [6.45, 7) is -0.762. The third-order valence-electron chi connectivity index (χ3n) is 5.62. The largest absolute Gasteiger partial charge is 0.391 e. The van der Waals surface area contributed by atoms with Crippen LogP contribution >= 0.6 is 11.6 Å². The number of halogens is 5. The van der Waals surface area contributed by atoms with E-state index in [1.54, 1.807) is 0 Å². The third kappa shape index (κ3) is 4.15. The first-order chi connectivity index (χ1) is 15.6. The molecule has 2 amide bonds. The van der Waals surface area contributed by atoms with E-state index in [9.17, 15) is 27.5 Å². The SMILES string of the molecule is O=C(Nc1c(Cl)nn2ccc(N3CC(F)(F)C[C@@H]3c3cc(F)ccc3F)nc12)N[C@@H]1C[C@H]1O. The number of benzene rings is 1. The van der Waals surface area contributed by atoms with Crippen LogP contribution in [0.1, 0.15) is 24.4 Å². The standard InChI is InChI=1S/C20H17ClF4N6O2/c21-17-16(28-19(33)26-12-6-14(12)32)18-27-15(3-4-31(18)29-17)30-8-20(24,25)7-13(30)10-5-9(22)1-2-11(10)23/h1-5,12-14,32H,6-8H2,(H2,26,28,33)/t12-,13-,14-/m1/s1. The second-order valence-electron chi connectivity index (χ2n) is 8.10. The van der Waals surface area contributed by atoms with Crippen LogP contribution in [0, 0.1) is 11.6 Å². The van der Waals surface area contributed by atoms with Gasteiger partial charge in [0.05, 0.1) is 24.7 Å². The smallest absolute Gasteiger partial charge is 0.319 e. The maximum atomic E-state index is 14.4. The zero-order valence-corrected chi connectivity index (χ0v) is 17.5. The van der Waals surface area contributed by atoms with Crippen LogP contribution in [-0.4, -0.2) is 50.3 Å². The van der Waals surface area contributed by atoms with Crippen molar-refractivity contribution in [2.75, 3.05) is 16.8 Å². The van der Waals surface area contributed by atoms with Crippen LogP contribution in [0.15, 0.2) is 30.5 Å². The lowest BCUT2D eigenvalue weighted by Gasteiger charge is -2.25. The minimum atomic E-state index is -3.17. The Labute approximate surface area is 189 Å². The summed E-state index contributed by atoms with van der Waals surface area (Å²) in [5, 5.41) is 18.4. The number of fused-ring (bicyclic) bond motifs is 1. The number of amides is 2. The van der Waals surface area contributed by atoms with Crippen LogP contribution in [0.3, 0.4) is 0 Å². The molecule has 0 radical (unpaired) electrons. The van der Waals surface area contributed by atoms with E-state index in [2.05, 4.69) is 20.7 Å². The number of hydrogen-bond acceptors (Lipinski definition) is 5. The molecule has 2 aromatic heterocycles. The lowest BCUT2D eigenvalue weighted by atomic mass is 10.0. The molecule has 174 valence electrons. The van der Waals surface area contributed by atoms with Crippen molar-refractivity contribution in [3.8, 4) is 0 Å². The van der Waals surface area contributed by atoms with Crippen LogP contribution < -0.4 is 15.5 Å². The lowest BCUT2D eigenvalue weighted by Crippen LogP contribution is -2.32. The molecule has 0 bridgehead atoms. The molecule has 8 nitrogen and oxygen atoms in total. The number of carbonyl (C=O) groups is 1. The first-order valence-electron chi connectivity index (χ1n) is 10.0. The number of anilines is 2. The number of nitrogens with zero attached hydrogens (tertiary/aromatic N) is 4. The van der Waals surface area contributed by atoms with Gasteiger partial charge in [0.1, 0.15) is 23.1 Å². The van der Waals surface area contributed by atoms with Gasteiger partial charge in [-0.05, 0) is 30.7 Å². The van der Waals surface area contributed by atoms with E-state index in [1.165, 1.54) is 21.7 Å². The van der Waals surface area contributed by atoms with Gasteiger partial charge in [-0.15, -0.1) is 0 Å². The van der Waals surface area contributed by atoms with Gasteiger partial charge in [-0.2, -0.15) is 5.10 Å². The zero-order valence-electron chi connectivity index (χ0n) is 16.8. The fraction of sp³-hybridized carbons (Fsp3) is 0.350. The van der Waals surface area contributed by atoms with E-state index in [0.29, 0.717) is 6.42 Å². The third-order valence-corrected chi connectivity index (χ3v) is 5.89. The average Bonchev–Trinajstić information content (AvgIpc) is 3.20. The summed E-state index contributed by atoms with van der Waals surface area (Å²) in [6, 6.07) is 1.91. The monoisotopic (exact) mass is 484 g/mol. The number of rotatable bonds is 4. The summed E-state index contributed by atoms with van der Waals surface area (Å²) in [7, 11) is 0. The number of aliphatic hydroxyl groups is 1. The van der Waals surface area contributed by atoms with Crippen LogP contribution in [0.4, 0.5) is 33.9 Å². The van der Waals surface area contributed by atoms with Gasteiger partial charge in [0.25, 0.3) is 5.92 Å². The van der Waals surface area contributed by atoms with Crippen molar-refractivity contribution in [1.82, 2.24) is 19.9 Å². The van der Waals surface area contributed by atoms with Gasteiger partial charge in [0.2, 0.25) is 0 Å². The van der Waals surface area contributed by atoms with Crippen LogP contribution in [-0.2, 0) is 0 Å². The quantitative estimate of drug-likeness (QED) is 0.493. The van der Waals surface area contributed by atoms with Crippen molar-refractivity contribution in [3.63, 3.8) is 0 Å². The van der Waals surface area contributed by atoms with Crippen molar-refractivity contribution in [3.05, 3.63) is 52.8 Å². The van der Waals surface area contributed by atoms with Gasteiger partial charge in [-0.3, -0.25) is 0 Å². The minimum Gasteiger partial charge on any atom is -0.391 e. The average molecular weight is 485 g/mol.